The highest BCUT2D eigenvalue weighted by Gasteiger charge is 2.17. The van der Waals surface area contributed by atoms with E-state index in [0.717, 1.165) is 56.4 Å². The summed E-state index contributed by atoms with van der Waals surface area (Å²) in [7, 11) is 2.18. The van der Waals surface area contributed by atoms with Gasteiger partial charge in [-0.1, -0.05) is 12.1 Å². The van der Waals surface area contributed by atoms with Crippen LogP contribution in [0, 0.1) is 0 Å². The molecule has 2 rings (SSSR count). The molecule has 1 aromatic carbocycles. The molecule has 6 nitrogen and oxygen atoms in total. The predicted octanol–water partition coefficient (Wildman–Crippen LogP) is 2.64. The van der Waals surface area contributed by atoms with Crippen LogP contribution in [0.3, 0.4) is 0 Å². The zero-order valence-electron chi connectivity index (χ0n) is 17.3. The lowest BCUT2D eigenvalue weighted by atomic mass is 10.1. The summed E-state index contributed by atoms with van der Waals surface area (Å²) in [6.07, 6.45) is 2.23. The van der Waals surface area contributed by atoms with Crippen LogP contribution in [-0.4, -0.2) is 62.9 Å². The molecule has 0 atom stereocenters. The van der Waals surface area contributed by atoms with Gasteiger partial charge in [-0.05, 0) is 58.4 Å². The summed E-state index contributed by atoms with van der Waals surface area (Å²) in [5.74, 6) is 1.75. The third kappa shape index (κ3) is 8.18. The van der Waals surface area contributed by atoms with Crippen LogP contribution < -0.4 is 15.4 Å². The van der Waals surface area contributed by atoms with E-state index in [1.807, 2.05) is 12.1 Å². The van der Waals surface area contributed by atoms with Gasteiger partial charge in [0.15, 0.2) is 5.96 Å². The van der Waals surface area contributed by atoms with Crippen molar-refractivity contribution in [1.29, 1.82) is 0 Å². The van der Waals surface area contributed by atoms with E-state index >= 15 is 0 Å². The highest BCUT2D eigenvalue weighted by atomic mass is 16.5. The van der Waals surface area contributed by atoms with Gasteiger partial charge in [0.2, 0.25) is 0 Å². The molecular formula is C21H36N4O2. The molecule has 0 saturated carbocycles. The Kier molecular flexibility index (Phi) is 9.42. The summed E-state index contributed by atoms with van der Waals surface area (Å²) in [4.78, 5) is 7.04. The van der Waals surface area contributed by atoms with Gasteiger partial charge >= 0.3 is 0 Å². The van der Waals surface area contributed by atoms with Crippen molar-refractivity contribution in [3.05, 3.63) is 29.8 Å². The fraction of sp³-hybridized carbons (Fsp3) is 0.667. The number of hydrogen-bond acceptors (Lipinski definition) is 4. The first-order chi connectivity index (χ1) is 13.1. The van der Waals surface area contributed by atoms with E-state index in [4.69, 9.17) is 9.47 Å². The van der Waals surface area contributed by atoms with E-state index in [2.05, 4.69) is 60.5 Å². The molecule has 6 heteroatoms. The van der Waals surface area contributed by atoms with Gasteiger partial charge in [-0.25, -0.2) is 4.99 Å². The van der Waals surface area contributed by atoms with Gasteiger partial charge in [0.25, 0.3) is 0 Å². The molecular weight excluding hydrogens is 340 g/mol. The summed E-state index contributed by atoms with van der Waals surface area (Å²) in [6, 6.07) is 9.18. The molecule has 1 aromatic rings. The molecule has 1 heterocycles. The number of benzene rings is 1. The van der Waals surface area contributed by atoms with Crippen LogP contribution >= 0.6 is 0 Å². The van der Waals surface area contributed by atoms with E-state index in [-0.39, 0.29) is 0 Å². The van der Waals surface area contributed by atoms with Crippen LogP contribution in [0.1, 0.15) is 39.2 Å². The molecule has 0 aromatic heterocycles. The van der Waals surface area contributed by atoms with Crippen molar-refractivity contribution in [2.75, 3.05) is 40.0 Å². The maximum Gasteiger partial charge on any atom is 0.191 e. The molecule has 2 N–H and O–H groups in total. The molecule has 152 valence electrons. The molecule has 1 fully saturated rings. The lowest BCUT2D eigenvalue weighted by Crippen LogP contribution is -2.41. The molecule has 0 spiro atoms. The molecule has 0 unspecified atom stereocenters. The molecule has 0 bridgehead atoms. The van der Waals surface area contributed by atoms with Gasteiger partial charge in [-0.3, -0.25) is 4.90 Å². The number of aliphatic imine (C=N–C) groups is 1. The fourth-order valence-electron chi connectivity index (χ4n) is 3.11. The summed E-state index contributed by atoms with van der Waals surface area (Å²) in [6.45, 7) is 11.1. The monoisotopic (exact) mass is 376 g/mol. The lowest BCUT2D eigenvalue weighted by molar-refractivity contribution is 0.0392. The Labute approximate surface area is 164 Å². The van der Waals surface area contributed by atoms with E-state index in [0.29, 0.717) is 25.2 Å². The quantitative estimate of drug-likeness (QED) is 0.513. The maximum atomic E-state index is 5.97. The number of likely N-dealkylation sites (N-methyl/N-ethyl adjacent to an activating group) is 1. The second-order valence-corrected chi connectivity index (χ2v) is 7.31. The van der Waals surface area contributed by atoms with Crippen molar-refractivity contribution in [2.45, 2.75) is 52.2 Å². The number of hydrogen-bond donors (Lipinski definition) is 2. The predicted molar refractivity (Wildman–Crippen MR) is 111 cm³/mol. The van der Waals surface area contributed by atoms with E-state index in [1.54, 1.807) is 0 Å². The van der Waals surface area contributed by atoms with Crippen molar-refractivity contribution < 1.29 is 9.47 Å². The zero-order valence-corrected chi connectivity index (χ0v) is 17.3. The van der Waals surface area contributed by atoms with Gasteiger partial charge in [0.1, 0.15) is 12.4 Å². The minimum Gasteiger partial charge on any atom is -0.492 e. The summed E-state index contributed by atoms with van der Waals surface area (Å²) >= 11 is 0. The summed E-state index contributed by atoms with van der Waals surface area (Å²) in [5, 5.41) is 6.61. The highest BCUT2D eigenvalue weighted by Crippen LogP contribution is 2.15. The Balaban J connectivity index is 1.81. The number of nitrogens with one attached hydrogen (secondary N) is 2. The van der Waals surface area contributed by atoms with E-state index in [9.17, 15) is 0 Å². The van der Waals surface area contributed by atoms with Crippen LogP contribution in [-0.2, 0) is 11.3 Å². The van der Waals surface area contributed by atoms with Gasteiger partial charge in [-0.2, -0.15) is 0 Å². The molecule has 1 aliphatic heterocycles. The molecule has 1 aliphatic rings. The Bertz CT molecular complexity index is 571. The normalized spacial score (nSPS) is 16.0. The Hall–Kier alpha value is -1.79. The van der Waals surface area contributed by atoms with Crippen LogP contribution in [0.15, 0.2) is 29.3 Å². The largest absolute Gasteiger partial charge is 0.492 e. The van der Waals surface area contributed by atoms with Crippen molar-refractivity contribution in [1.82, 2.24) is 15.5 Å². The van der Waals surface area contributed by atoms with E-state index < -0.39 is 0 Å². The van der Waals surface area contributed by atoms with Crippen LogP contribution in [0.2, 0.25) is 0 Å². The third-order valence-electron chi connectivity index (χ3n) is 4.61. The first-order valence-corrected chi connectivity index (χ1v) is 10.1. The summed E-state index contributed by atoms with van der Waals surface area (Å²) in [5.41, 5.74) is 1.14. The number of rotatable bonds is 9. The van der Waals surface area contributed by atoms with E-state index in [1.165, 1.54) is 0 Å². The van der Waals surface area contributed by atoms with Crippen molar-refractivity contribution >= 4 is 5.96 Å². The second-order valence-electron chi connectivity index (χ2n) is 7.31. The minimum atomic E-state index is 0.352. The van der Waals surface area contributed by atoms with Crippen molar-refractivity contribution in [2.24, 2.45) is 4.99 Å². The number of nitrogens with zero attached hydrogens (tertiary/aromatic N) is 2. The average Bonchev–Trinajstić information content (AvgIpc) is 2.67. The maximum absolute atomic E-state index is 5.97. The number of guanidine groups is 1. The summed E-state index contributed by atoms with van der Waals surface area (Å²) < 4.78 is 11.4. The van der Waals surface area contributed by atoms with Gasteiger partial charge in [0.05, 0.1) is 6.54 Å². The smallest absolute Gasteiger partial charge is 0.191 e. The second kappa shape index (κ2) is 11.8. The standard InChI is InChI=1S/C21H36N4O2/c1-5-22-21(24-17(2)3)23-16-18-7-6-8-20(15-18)27-14-11-25(4)19-9-12-26-13-10-19/h6-8,15,17,19H,5,9-14,16H2,1-4H3,(H2,22,23,24). The first kappa shape index (κ1) is 21.5. The minimum absolute atomic E-state index is 0.352. The zero-order chi connectivity index (χ0) is 19.5. The van der Waals surface area contributed by atoms with Crippen LogP contribution in [0.4, 0.5) is 0 Å². The molecule has 0 aliphatic carbocycles. The van der Waals surface area contributed by atoms with Gasteiger partial charge in [-0.15, -0.1) is 0 Å². The van der Waals surface area contributed by atoms with Gasteiger partial charge in [0, 0.05) is 38.4 Å². The van der Waals surface area contributed by atoms with Crippen molar-refractivity contribution in [3.8, 4) is 5.75 Å². The number of ether oxygens (including phenoxy) is 2. The molecule has 1 saturated heterocycles. The Morgan fingerprint density at radius 2 is 2.11 bits per heavy atom. The molecule has 0 amide bonds. The van der Waals surface area contributed by atoms with Crippen LogP contribution in [0.25, 0.3) is 0 Å². The first-order valence-electron chi connectivity index (χ1n) is 10.1. The average molecular weight is 377 g/mol. The fourth-order valence-corrected chi connectivity index (χ4v) is 3.11. The Morgan fingerprint density at radius 1 is 1.33 bits per heavy atom. The Morgan fingerprint density at radius 3 is 2.81 bits per heavy atom. The van der Waals surface area contributed by atoms with Gasteiger partial charge < -0.3 is 20.1 Å². The third-order valence-corrected chi connectivity index (χ3v) is 4.61. The molecule has 27 heavy (non-hydrogen) atoms. The highest BCUT2D eigenvalue weighted by molar-refractivity contribution is 5.79. The molecule has 0 radical (unpaired) electrons. The SMILES string of the molecule is CCNC(=NCc1cccc(OCCN(C)C2CCOCC2)c1)NC(C)C. The van der Waals surface area contributed by atoms with Crippen LogP contribution in [0.5, 0.6) is 5.75 Å². The van der Waals surface area contributed by atoms with Crippen molar-refractivity contribution in [3.63, 3.8) is 0 Å². The topological polar surface area (TPSA) is 58.1 Å². The lowest BCUT2D eigenvalue weighted by Gasteiger charge is -2.31.